The van der Waals surface area contributed by atoms with Crippen molar-refractivity contribution in [2.45, 2.75) is 20.3 Å². The molecule has 0 aliphatic carbocycles. The van der Waals surface area contributed by atoms with Gasteiger partial charge in [0.2, 0.25) is 5.88 Å². The van der Waals surface area contributed by atoms with Crippen LogP contribution in [0.4, 0.5) is 5.82 Å². The lowest BCUT2D eigenvalue weighted by Crippen LogP contribution is -2.04. The number of hydrogen-bond donors (Lipinski definition) is 1. The van der Waals surface area contributed by atoms with E-state index in [9.17, 15) is 0 Å². The van der Waals surface area contributed by atoms with Gasteiger partial charge in [0.1, 0.15) is 17.4 Å². The van der Waals surface area contributed by atoms with Gasteiger partial charge in [-0.2, -0.15) is 4.98 Å². The normalized spacial score (nSPS) is 10.3. The maximum absolute atomic E-state index is 6.09. The van der Waals surface area contributed by atoms with Crippen LogP contribution < -0.4 is 10.1 Å². The summed E-state index contributed by atoms with van der Waals surface area (Å²) in [5, 5.41) is 3.61. The zero-order valence-electron chi connectivity index (χ0n) is 11.2. The van der Waals surface area contributed by atoms with E-state index in [4.69, 9.17) is 16.3 Å². The predicted octanol–water partition coefficient (Wildman–Crippen LogP) is 3.83. The van der Waals surface area contributed by atoms with Gasteiger partial charge in [-0.25, -0.2) is 4.98 Å². The molecule has 0 saturated carbocycles. The summed E-state index contributed by atoms with van der Waals surface area (Å²) in [5.41, 5.74) is 0.861. The second-order valence-electron chi connectivity index (χ2n) is 4.05. The standard InChI is InChI=1S/C14H16ClN3O/c1-4-12-17-13(16-3)9(2)14(18-12)19-11-8-6-5-7-10(11)15/h5-8H,4H2,1-3H3,(H,16,17,18). The van der Waals surface area contributed by atoms with E-state index in [0.29, 0.717) is 16.7 Å². The molecule has 0 radical (unpaired) electrons. The van der Waals surface area contributed by atoms with Crippen molar-refractivity contribution in [3.63, 3.8) is 0 Å². The molecule has 0 aliphatic rings. The molecule has 2 aromatic rings. The summed E-state index contributed by atoms with van der Waals surface area (Å²) >= 11 is 6.09. The number of nitrogens with zero attached hydrogens (tertiary/aromatic N) is 2. The van der Waals surface area contributed by atoms with E-state index in [-0.39, 0.29) is 0 Å². The lowest BCUT2D eigenvalue weighted by molar-refractivity contribution is 0.455. The Hall–Kier alpha value is -1.81. The second-order valence-corrected chi connectivity index (χ2v) is 4.46. The number of nitrogens with one attached hydrogen (secondary N) is 1. The van der Waals surface area contributed by atoms with Crippen LogP contribution in [0.3, 0.4) is 0 Å². The summed E-state index contributed by atoms with van der Waals surface area (Å²) < 4.78 is 5.80. The first-order valence-corrected chi connectivity index (χ1v) is 6.51. The summed E-state index contributed by atoms with van der Waals surface area (Å²) in [6.07, 6.45) is 0.744. The molecule has 0 saturated heterocycles. The largest absolute Gasteiger partial charge is 0.437 e. The third kappa shape index (κ3) is 2.96. The molecule has 4 nitrogen and oxygen atoms in total. The van der Waals surface area contributed by atoms with Crippen molar-refractivity contribution >= 4 is 17.4 Å². The minimum Gasteiger partial charge on any atom is -0.437 e. The van der Waals surface area contributed by atoms with Crippen LogP contribution in [0.25, 0.3) is 0 Å². The van der Waals surface area contributed by atoms with Gasteiger partial charge in [0.25, 0.3) is 0 Å². The molecule has 1 N–H and O–H groups in total. The number of rotatable bonds is 4. The van der Waals surface area contributed by atoms with Crippen molar-refractivity contribution < 1.29 is 4.74 Å². The summed E-state index contributed by atoms with van der Waals surface area (Å²) in [7, 11) is 1.83. The highest BCUT2D eigenvalue weighted by Crippen LogP contribution is 2.31. The van der Waals surface area contributed by atoms with Crippen molar-refractivity contribution in [1.29, 1.82) is 0 Å². The van der Waals surface area contributed by atoms with E-state index in [0.717, 1.165) is 23.6 Å². The fourth-order valence-electron chi connectivity index (χ4n) is 1.67. The molecule has 0 aliphatic heterocycles. The van der Waals surface area contributed by atoms with E-state index in [2.05, 4.69) is 15.3 Å². The lowest BCUT2D eigenvalue weighted by atomic mass is 10.3. The number of anilines is 1. The van der Waals surface area contributed by atoms with Gasteiger partial charge in [-0.15, -0.1) is 0 Å². The van der Waals surface area contributed by atoms with Gasteiger partial charge in [-0.3, -0.25) is 0 Å². The Morgan fingerprint density at radius 1 is 1.26 bits per heavy atom. The molecular formula is C14H16ClN3O. The van der Waals surface area contributed by atoms with Crippen LogP contribution in [-0.4, -0.2) is 17.0 Å². The monoisotopic (exact) mass is 277 g/mol. The van der Waals surface area contributed by atoms with Crippen LogP contribution >= 0.6 is 11.6 Å². The number of halogens is 1. The Labute approximate surface area is 117 Å². The molecule has 0 unspecified atom stereocenters. The SMILES string of the molecule is CCc1nc(NC)c(C)c(Oc2ccccc2Cl)n1. The van der Waals surface area contributed by atoms with Crippen molar-refractivity contribution in [1.82, 2.24) is 9.97 Å². The first-order valence-electron chi connectivity index (χ1n) is 6.13. The van der Waals surface area contributed by atoms with Gasteiger partial charge in [0.05, 0.1) is 10.6 Å². The zero-order valence-corrected chi connectivity index (χ0v) is 12.0. The number of hydrogen-bond acceptors (Lipinski definition) is 4. The molecule has 100 valence electrons. The Kier molecular flexibility index (Phi) is 4.22. The number of para-hydroxylation sites is 1. The Morgan fingerprint density at radius 3 is 2.63 bits per heavy atom. The van der Waals surface area contributed by atoms with Gasteiger partial charge >= 0.3 is 0 Å². The Morgan fingerprint density at radius 2 is 2.00 bits per heavy atom. The highest BCUT2D eigenvalue weighted by Gasteiger charge is 2.12. The molecular weight excluding hydrogens is 262 g/mol. The van der Waals surface area contributed by atoms with Crippen molar-refractivity contribution in [2.75, 3.05) is 12.4 Å². The molecule has 19 heavy (non-hydrogen) atoms. The van der Waals surface area contributed by atoms with Crippen molar-refractivity contribution in [3.8, 4) is 11.6 Å². The average Bonchev–Trinajstić information content (AvgIpc) is 2.43. The van der Waals surface area contributed by atoms with Gasteiger partial charge in [-0.05, 0) is 19.1 Å². The number of ether oxygens (including phenoxy) is 1. The van der Waals surface area contributed by atoms with E-state index in [1.165, 1.54) is 0 Å². The second kappa shape index (κ2) is 5.89. The minimum atomic E-state index is 0.532. The summed E-state index contributed by atoms with van der Waals surface area (Å²) in [5.74, 6) is 2.63. The molecule has 0 amide bonds. The summed E-state index contributed by atoms with van der Waals surface area (Å²) in [6, 6.07) is 7.33. The number of aromatic nitrogens is 2. The van der Waals surface area contributed by atoms with Crippen LogP contribution in [0, 0.1) is 6.92 Å². The minimum absolute atomic E-state index is 0.532. The fraction of sp³-hybridized carbons (Fsp3) is 0.286. The van der Waals surface area contributed by atoms with Crippen molar-refractivity contribution in [2.24, 2.45) is 0 Å². The lowest BCUT2D eigenvalue weighted by Gasteiger charge is -2.13. The Bertz CT molecular complexity index is 587. The summed E-state index contributed by atoms with van der Waals surface area (Å²) in [6.45, 7) is 3.92. The van der Waals surface area contributed by atoms with Gasteiger partial charge in [0.15, 0.2) is 0 Å². The van der Waals surface area contributed by atoms with E-state index >= 15 is 0 Å². The van der Waals surface area contributed by atoms with E-state index in [1.807, 2.05) is 39.1 Å². The molecule has 0 fully saturated rings. The predicted molar refractivity (Wildman–Crippen MR) is 77.2 cm³/mol. The highest BCUT2D eigenvalue weighted by atomic mass is 35.5. The average molecular weight is 278 g/mol. The fourth-order valence-corrected chi connectivity index (χ4v) is 1.85. The van der Waals surface area contributed by atoms with Crippen LogP contribution in [0.15, 0.2) is 24.3 Å². The molecule has 1 heterocycles. The molecule has 1 aromatic carbocycles. The van der Waals surface area contributed by atoms with E-state index < -0.39 is 0 Å². The molecule has 5 heteroatoms. The maximum Gasteiger partial charge on any atom is 0.227 e. The van der Waals surface area contributed by atoms with Crippen molar-refractivity contribution in [3.05, 3.63) is 40.7 Å². The van der Waals surface area contributed by atoms with Gasteiger partial charge in [-0.1, -0.05) is 30.7 Å². The first kappa shape index (κ1) is 13.6. The topological polar surface area (TPSA) is 47.0 Å². The van der Waals surface area contributed by atoms with Crippen LogP contribution in [0.5, 0.6) is 11.6 Å². The molecule has 0 atom stereocenters. The van der Waals surface area contributed by atoms with Crippen LogP contribution in [0.2, 0.25) is 5.02 Å². The van der Waals surface area contributed by atoms with E-state index in [1.54, 1.807) is 6.07 Å². The van der Waals surface area contributed by atoms with Gasteiger partial charge < -0.3 is 10.1 Å². The molecule has 0 bridgehead atoms. The quantitative estimate of drug-likeness (QED) is 0.922. The molecule has 2 rings (SSSR count). The molecule has 1 aromatic heterocycles. The third-order valence-corrected chi connectivity index (χ3v) is 3.06. The van der Waals surface area contributed by atoms with Crippen LogP contribution in [-0.2, 0) is 6.42 Å². The number of benzene rings is 1. The van der Waals surface area contributed by atoms with Crippen LogP contribution in [0.1, 0.15) is 18.3 Å². The maximum atomic E-state index is 6.09. The molecule has 0 spiro atoms. The van der Waals surface area contributed by atoms with Gasteiger partial charge in [0, 0.05) is 13.5 Å². The smallest absolute Gasteiger partial charge is 0.227 e. The summed E-state index contributed by atoms with van der Waals surface area (Å²) in [4.78, 5) is 8.80. The third-order valence-electron chi connectivity index (χ3n) is 2.74. The number of aryl methyl sites for hydroxylation is 1. The Balaban J connectivity index is 2.42. The zero-order chi connectivity index (χ0) is 13.8. The first-order chi connectivity index (χ1) is 9.15. The highest BCUT2D eigenvalue weighted by molar-refractivity contribution is 6.32.